The highest BCUT2D eigenvalue weighted by molar-refractivity contribution is 7.80. The number of thiol groups is 1. The predicted octanol–water partition coefficient (Wildman–Crippen LogP) is 2.21. The molecule has 0 aliphatic carbocycles. The van der Waals surface area contributed by atoms with Gasteiger partial charge in [-0.05, 0) is 47.7 Å². The van der Waals surface area contributed by atoms with Crippen LogP contribution in [0.3, 0.4) is 0 Å². The number of Topliss-reactive ketones (excluding diaryl/α,β-unsaturated/α-hetero) is 1. The van der Waals surface area contributed by atoms with Crippen LogP contribution >= 0.6 is 12.6 Å². The van der Waals surface area contributed by atoms with Gasteiger partial charge in [-0.25, -0.2) is 4.79 Å². The smallest absolute Gasteiger partial charge is 0.326 e. The van der Waals surface area contributed by atoms with Gasteiger partial charge in [-0.3, -0.25) is 14.4 Å². The molecule has 0 radical (unpaired) electrons. The van der Waals surface area contributed by atoms with Crippen molar-refractivity contribution in [2.75, 3.05) is 12.3 Å². The Morgan fingerprint density at radius 1 is 0.909 bits per heavy atom. The molecule has 2 rings (SSSR count). The standard InChI is InChI=1S/C24H30N2O6S/c25-10-2-1-9-21(24(31)32)26-22(28)13-16-6-4-7-19-15(5-3-8-20(16)19)11-18(27)12-17(14-33)23(29)30/h3-8,17,21,33H,1-2,9-14,25H2,(H,26,28)(H,29,30)(H,31,32)/t17?,21-/m0/s1. The third-order valence-electron chi connectivity index (χ3n) is 5.47. The molecule has 0 spiro atoms. The average molecular weight is 475 g/mol. The maximum absolute atomic E-state index is 12.6. The van der Waals surface area contributed by atoms with E-state index in [0.29, 0.717) is 31.4 Å². The summed E-state index contributed by atoms with van der Waals surface area (Å²) in [5.74, 6) is -3.48. The van der Waals surface area contributed by atoms with E-state index in [1.807, 2.05) is 12.1 Å². The van der Waals surface area contributed by atoms with Crippen molar-refractivity contribution in [2.24, 2.45) is 11.7 Å². The molecule has 2 aromatic carbocycles. The molecule has 1 unspecified atom stereocenters. The van der Waals surface area contributed by atoms with Gasteiger partial charge in [0.15, 0.2) is 0 Å². The Bertz CT molecular complexity index is 1010. The zero-order valence-electron chi connectivity index (χ0n) is 18.3. The zero-order valence-corrected chi connectivity index (χ0v) is 19.2. The van der Waals surface area contributed by atoms with Crippen LogP contribution in [0.2, 0.25) is 0 Å². The van der Waals surface area contributed by atoms with Crippen molar-refractivity contribution in [1.82, 2.24) is 5.32 Å². The number of carbonyl (C=O) groups is 4. The predicted molar refractivity (Wildman–Crippen MR) is 128 cm³/mol. The lowest BCUT2D eigenvalue weighted by Gasteiger charge is -2.15. The van der Waals surface area contributed by atoms with E-state index in [1.165, 1.54) is 0 Å². The topological polar surface area (TPSA) is 147 Å². The molecule has 2 aromatic rings. The average Bonchev–Trinajstić information content (AvgIpc) is 2.77. The number of fused-ring (bicyclic) bond motifs is 1. The number of nitrogens with one attached hydrogen (secondary N) is 1. The molecule has 0 aromatic heterocycles. The first-order valence-corrected chi connectivity index (χ1v) is 11.5. The molecule has 0 aliphatic rings. The van der Waals surface area contributed by atoms with E-state index in [2.05, 4.69) is 17.9 Å². The van der Waals surface area contributed by atoms with Crippen molar-refractivity contribution < 1.29 is 29.4 Å². The summed E-state index contributed by atoms with van der Waals surface area (Å²) in [5, 5.41) is 22.7. The van der Waals surface area contributed by atoms with E-state index in [0.717, 1.165) is 16.3 Å². The van der Waals surface area contributed by atoms with E-state index in [1.54, 1.807) is 24.3 Å². The van der Waals surface area contributed by atoms with Crippen molar-refractivity contribution in [3.05, 3.63) is 47.5 Å². The summed E-state index contributed by atoms with van der Waals surface area (Å²) < 4.78 is 0. The molecule has 5 N–H and O–H groups in total. The van der Waals surface area contributed by atoms with Crippen LogP contribution in [-0.4, -0.2) is 52.2 Å². The van der Waals surface area contributed by atoms with Gasteiger partial charge >= 0.3 is 11.9 Å². The molecule has 0 fully saturated rings. The normalized spacial score (nSPS) is 12.8. The minimum atomic E-state index is -1.08. The van der Waals surface area contributed by atoms with Crippen molar-refractivity contribution in [3.8, 4) is 0 Å². The molecule has 8 nitrogen and oxygen atoms in total. The van der Waals surface area contributed by atoms with Gasteiger partial charge in [0.1, 0.15) is 11.8 Å². The number of hydrogen-bond acceptors (Lipinski definition) is 6. The van der Waals surface area contributed by atoms with Crippen LogP contribution in [0, 0.1) is 5.92 Å². The number of carboxylic acid groups (broad SMARTS) is 2. The summed E-state index contributed by atoms with van der Waals surface area (Å²) in [6.45, 7) is 0.465. The highest BCUT2D eigenvalue weighted by atomic mass is 32.1. The Labute approximate surface area is 198 Å². The highest BCUT2D eigenvalue weighted by Gasteiger charge is 2.21. The number of benzene rings is 2. The van der Waals surface area contributed by atoms with Crippen LogP contribution in [0.4, 0.5) is 0 Å². The second-order valence-corrected chi connectivity index (χ2v) is 8.35. The van der Waals surface area contributed by atoms with E-state index in [4.69, 9.17) is 10.8 Å². The van der Waals surface area contributed by atoms with Gasteiger partial charge in [0.2, 0.25) is 5.91 Å². The molecule has 0 bridgehead atoms. The third kappa shape index (κ3) is 7.87. The van der Waals surface area contributed by atoms with Crippen molar-refractivity contribution in [1.29, 1.82) is 0 Å². The van der Waals surface area contributed by atoms with Gasteiger partial charge < -0.3 is 21.3 Å². The number of unbranched alkanes of at least 4 members (excludes halogenated alkanes) is 1. The molecule has 178 valence electrons. The molecule has 9 heteroatoms. The molecular formula is C24H30N2O6S. The Hall–Kier alpha value is -2.91. The second-order valence-electron chi connectivity index (χ2n) is 7.99. The quantitative estimate of drug-likeness (QED) is 0.208. The Morgan fingerprint density at radius 2 is 1.52 bits per heavy atom. The van der Waals surface area contributed by atoms with Crippen LogP contribution < -0.4 is 11.1 Å². The number of aliphatic carboxylic acids is 2. The molecule has 0 saturated carbocycles. The first kappa shape index (κ1) is 26.3. The summed E-state index contributed by atoms with van der Waals surface area (Å²) in [5.41, 5.74) is 6.90. The molecule has 0 saturated heterocycles. The highest BCUT2D eigenvalue weighted by Crippen LogP contribution is 2.24. The van der Waals surface area contributed by atoms with Crippen LogP contribution in [0.25, 0.3) is 10.8 Å². The number of rotatable bonds is 14. The largest absolute Gasteiger partial charge is 0.481 e. The molecule has 33 heavy (non-hydrogen) atoms. The Morgan fingerprint density at radius 3 is 2.03 bits per heavy atom. The van der Waals surface area contributed by atoms with Gasteiger partial charge in [-0.15, -0.1) is 0 Å². The fraction of sp³-hybridized carbons (Fsp3) is 0.417. The van der Waals surface area contributed by atoms with E-state index in [-0.39, 0.29) is 30.8 Å². The summed E-state index contributed by atoms with van der Waals surface area (Å²) >= 11 is 4.01. The summed E-state index contributed by atoms with van der Waals surface area (Å²) in [7, 11) is 0. The summed E-state index contributed by atoms with van der Waals surface area (Å²) in [6, 6.07) is 9.88. The van der Waals surface area contributed by atoms with Gasteiger partial charge in [0, 0.05) is 18.6 Å². The summed E-state index contributed by atoms with van der Waals surface area (Å²) in [4.78, 5) is 47.7. The van der Waals surface area contributed by atoms with Crippen LogP contribution in [-0.2, 0) is 32.0 Å². The number of hydrogen-bond donors (Lipinski definition) is 5. The van der Waals surface area contributed by atoms with Crippen molar-refractivity contribution in [3.63, 3.8) is 0 Å². The van der Waals surface area contributed by atoms with Crippen LogP contribution in [0.5, 0.6) is 0 Å². The number of nitrogens with two attached hydrogens (primary N) is 1. The number of amides is 1. The van der Waals surface area contributed by atoms with Gasteiger partial charge in [-0.2, -0.15) is 12.6 Å². The van der Waals surface area contributed by atoms with Gasteiger partial charge in [0.25, 0.3) is 0 Å². The minimum absolute atomic E-state index is 0.00382. The molecule has 2 atom stereocenters. The van der Waals surface area contributed by atoms with Gasteiger partial charge in [0.05, 0.1) is 12.3 Å². The van der Waals surface area contributed by atoms with E-state index < -0.39 is 29.8 Å². The molecule has 0 aliphatic heterocycles. The first-order chi connectivity index (χ1) is 15.8. The molecule has 1 amide bonds. The number of ketones is 1. The number of carbonyl (C=O) groups excluding carboxylic acids is 2. The lowest BCUT2D eigenvalue weighted by molar-refractivity contribution is -0.143. The van der Waals surface area contributed by atoms with E-state index in [9.17, 15) is 24.3 Å². The third-order valence-corrected chi connectivity index (χ3v) is 5.91. The lowest BCUT2D eigenvalue weighted by atomic mass is 9.93. The molecule has 0 heterocycles. The molecular weight excluding hydrogens is 444 g/mol. The van der Waals surface area contributed by atoms with Crippen molar-refractivity contribution >= 4 is 47.0 Å². The maximum Gasteiger partial charge on any atom is 0.326 e. The minimum Gasteiger partial charge on any atom is -0.481 e. The van der Waals surface area contributed by atoms with Crippen LogP contribution in [0.1, 0.15) is 36.8 Å². The Kier molecular flexibility index (Phi) is 10.3. The van der Waals surface area contributed by atoms with Gasteiger partial charge in [-0.1, -0.05) is 36.4 Å². The lowest BCUT2D eigenvalue weighted by Crippen LogP contribution is -2.41. The SMILES string of the molecule is NCCCC[C@H](NC(=O)Cc1cccc2c(CC(=O)CC(CS)C(=O)O)cccc12)C(=O)O. The maximum atomic E-state index is 12.6. The summed E-state index contributed by atoms with van der Waals surface area (Å²) in [6.07, 6.45) is 1.58. The fourth-order valence-corrected chi connectivity index (χ4v) is 3.99. The van der Waals surface area contributed by atoms with Crippen LogP contribution in [0.15, 0.2) is 36.4 Å². The zero-order chi connectivity index (χ0) is 24.4. The Balaban J connectivity index is 2.16. The number of carboxylic acids is 2. The monoisotopic (exact) mass is 474 g/mol. The first-order valence-electron chi connectivity index (χ1n) is 10.8. The van der Waals surface area contributed by atoms with E-state index >= 15 is 0 Å². The second kappa shape index (κ2) is 13.0. The fourth-order valence-electron chi connectivity index (χ4n) is 3.71. The van der Waals surface area contributed by atoms with Crippen molar-refractivity contribution in [2.45, 2.75) is 44.6 Å².